The van der Waals surface area contributed by atoms with Gasteiger partial charge in [0.25, 0.3) is 5.91 Å². The van der Waals surface area contributed by atoms with Crippen molar-refractivity contribution in [3.05, 3.63) is 82.4 Å². The summed E-state index contributed by atoms with van der Waals surface area (Å²) in [6.45, 7) is 2.24. The Hall–Kier alpha value is -2.99. The van der Waals surface area contributed by atoms with Crippen LogP contribution in [0.3, 0.4) is 0 Å². The quantitative estimate of drug-likeness (QED) is 0.664. The number of hydrogen-bond donors (Lipinski definition) is 2. The van der Waals surface area contributed by atoms with Crippen LogP contribution in [0, 0.1) is 12.8 Å². The summed E-state index contributed by atoms with van der Waals surface area (Å²) in [6, 6.07) is 19.8. The lowest BCUT2D eigenvalue weighted by Crippen LogP contribution is -2.22. The largest absolute Gasteiger partial charge is 0.347 e. The van der Waals surface area contributed by atoms with Crippen molar-refractivity contribution >= 4 is 28.3 Å². The van der Waals surface area contributed by atoms with Crippen LogP contribution in [-0.2, 0) is 11.3 Å². The Kier molecular flexibility index (Phi) is 5.21. The van der Waals surface area contributed by atoms with Crippen LogP contribution in [-0.4, -0.2) is 16.8 Å². The molecule has 4 rings (SSSR count). The molecule has 28 heavy (non-hydrogen) atoms. The van der Waals surface area contributed by atoms with Gasteiger partial charge in [-0.1, -0.05) is 72.0 Å². The van der Waals surface area contributed by atoms with E-state index in [2.05, 4.69) is 27.8 Å². The molecule has 0 bridgehead atoms. The van der Waals surface area contributed by atoms with Crippen molar-refractivity contribution in [1.82, 2.24) is 10.3 Å². The predicted molar refractivity (Wildman–Crippen MR) is 110 cm³/mol. The molecule has 2 aromatic carbocycles. The number of aryl methyl sites for hydroxylation is 1. The highest BCUT2D eigenvalue weighted by molar-refractivity contribution is 7.17. The van der Waals surface area contributed by atoms with E-state index in [9.17, 15) is 9.59 Å². The highest BCUT2D eigenvalue weighted by Crippen LogP contribution is 2.48. The Labute approximate surface area is 167 Å². The van der Waals surface area contributed by atoms with Gasteiger partial charge < -0.3 is 10.6 Å². The Morgan fingerprint density at radius 3 is 2.46 bits per heavy atom. The third-order valence-corrected chi connectivity index (χ3v) is 5.96. The number of nitrogens with one attached hydrogen (secondary N) is 2. The van der Waals surface area contributed by atoms with Crippen LogP contribution in [0.1, 0.15) is 38.8 Å². The van der Waals surface area contributed by atoms with Crippen LogP contribution in [0.4, 0.5) is 5.13 Å². The van der Waals surface area contributed by atoms with Gasteiger partial charge in [-0.2, -0.15) is 0 Å². The normalized spacial score (nSPS) is 17.8. The number of carbonyl (C=O) groups is 2. The van der Waals surface area contributed by atoms with Crippen molar-refractivity contribution in [3.8, 4) is 0 Å². The van der Waals surface area contributed by atoms with E-state index in [1.807, 2.05) is 48.5 Å². The molecule has 1 aliphatic carbocycles. The topological polar surface area (TPSA) is 71.1 Å². The van der Waals surface area contributed by atoms with E-state index in [0.29, 0.717) is 22.2 Å². The fourth-order valence-electron chi connectivity index (χ4n) is 3.27. The third kappa shape index (κ3) is 4.12. The van der Waals surface area contributed by atoms with Crippen molar-refractivity contribution in [1.29, 1.82) is 0 Å². The number of hydrogen-bond acceptors (Lipinski definition) is 4. The summed E-state index contributed by atoms with van der Waals surface area (Å²) in [7, 11) is 0. The molecule has 0 aliphatic heterocycles. The molecule has 2 atom stereocenters. The Morgan fingerprint density at radius 1 is 1.07 bits per heavy atom. The maximum absolute atomic E-state index is 12.5. The number of thiazole rings is 1. The standard InChI is InChI=1S/C22H21N3O2S/c1-14-19(21(27)23-13-15-8-4-2-5-9-15)28-22(24-14)25-20(26)18-12-17(18)16-10-6-3-7-11-16/h2-11,17-18H,12-13H2,1H3,(H,23,27)(H,24,25,26). The first kappa shape index (κ1) is 18.4. The molecular formula is C22H21N3O2S. The molecule has 1 aliphatic rings. The van der Waals surface area contributed by atoms with Crippen LogP contribution >= 0.6 is 11.3 Å². The maximum Gasteiger partial charge on any atom is 0.263 e. The van der Waals surface area contributed by atoms with Crippen LogP contribution in [0.2, 0.25) is 0 Å². The van der Waals surface area contributed by atoms with Crippen molar-refractivity contribution < 1.29 is 9.59 Å². The van der Waals surface area contributed by atoms with Gasteiger partial charge in [-0.15, -0.1) is 0 Å². The molecular weight excluding hydrogens is 370 g/mol. The van der Waals surface area contributed by atoms with Gasteiger partial charge >= 0.3 is 0 Å². The minimum absolute atomic E-state index is 0.0260. The van der Waals surface area contributed by atoms with Gasteiger partial charge in [-0.05, 0) is 30.4 Å². The van der Waals surface area contributed by atoms with Gasteiger partial charge in [0.2, 0.25) is 5.91 Å². The summed E-state index contributed by atoms with van der Waals surface area (Å²) in [5.41, 5.74) is 2.85. The number of nitrogens with zero attached hydrogens (tertiary/aromatic N) is 1. The van der Waals surface area contributed by atoms with Crippen LogP contribution in [0.25, 0.3) is 0 Å². The molecule has 6 heteroatoms. The summed E-state index contributed by atoms with van der Waals surface area (Å²) in [6.07, 6.45) is 0.852. The van der Waals surface area contributed by atoms with E-state index in [4.69, 9.17) is 0 Å². The average Bonchev–Trinajstić information content (AvgIpc) is 3.45. The van der Waals surface area contributed by atoms with Crippen molar-refractivity contribution in [2.24, 2.45) is 5.92 Å². The minimum Gasteiger partial charge on any atom is -0.347 e. The Morgan fingerprint density at radius 2 is 1.75 bits per heavy atom. The lowest BCUT2D eigenvalue weighted by atomic mass is 10.1. The second kappa shape index (κ2) is 7.94. The van der Waals surface area contributed by atoms with E-state index in [-0.39, 0.29) is 23.7 Å². The van der Waals surface area contributed by atoms with Gasteiger partial charge in [0.05, 0.1) is 5.69 Å². The number of carbonyl (C=O) groups excluding carboxylic acids is 2. The number of amides is 2. The lowest BCUT2D eigenvalue weighted by Gasteiger charge is -2.03. The summed E-state index contributed by atoms with van der Waals surface area (Å²) in [5, 5.41) is 6.26. The zero-order valence-corrected chi connectivity index (χ0v) is 16.3. The molecule has 1 fully saturated rings. The van der Waals surface area contributed by atoms with Gasteiger partial charge in [0.15, 0.2) is 5.13 Å². The minimum atomic E-state index is -0.173. The molecule has 1 aromatic heterocycles. The molecule has 0 saturated heterocycles. The van der Waals surface area contributed by atoms with Crippen molar-refractivity contribution in [2.75, 3.05) is 5.32 Å². The summed E-state index contributed by atoms with van der Waals surface area (Å²) >= 11 is 1.22. The van der Waals surface area contributed by atoms with Crippen LogP contribution in [0.5, 0.6) is 0 Å². The lowest BCUT2D eigenvalue weighted by molar-refractivity contribution is -0.117. The van der Waals surface area contributed by atoms with E-state index < -0.39 is 0 Å². The smallest absolute Gasteiger partial charge is 0.263 e. The Bertz CT molecular complexity index is 986. The van der Waals surface area contributed by atoms with Crippen LogP contribution in [0.15, 0.2) is 60.7 Å². The number of aromatic nitrogens is 1. The summed E-state index contributed by atoms with van der Waals surface area (Å²) < 4.78 is 0. The fraction of sp³-hybridized carbons (Fsp3) is 0.227. The first-order valence-corrected chi connectivity index (χ1v) is 10.1. The van der Waals surface area contributed by atoms with E-state index in [0.717, 1.165) is 12.0 Å². The summed E-state index contributed by atoms with van der Waals surface area (Å²) in [5.74, 6) is 0.0460. The first-order valence-electron chi connectivity index (χ1n) is 9.27. The van der Waals surface area contributed by atoms with Crippen molar-refractivity contribution in [2.45, 2.75) is 25.8 Å². The highest BCUT2D eigenvalue weighted by Gasteiger charge is 2.44. The average molecular weight is 391 g/mol. The van der Waals surface area contributed by atoms with E-state index in [1.165, 1.54) is 16.9 Å². The SMILES string of the molecule is Cc1nc(NC(=O)C2CC2c2ccccc2)sc1C(=O)NCc1ccccc1. The van der Waals surface area contributed by atoms with Crippen LogP contribution < -0.4 is 10.6 Å². The highest BCUT2D eigenvalue weighted by atomic mass is 32.1. The maximum atomic E-state index is 12.5. The number of rotatable bonds is 6. The van der Waals surface area contributed by atoms with Gasteiger partial charge in [-0.3, -0.25) is 9.59 Å². The summed E-state index contributed by atoms with van der Waals surface area (Å²) in [4.78, 5) is 29.9. The molecule has 2 amide bonds. The van der Waals surface area contributed by atoms with Gasteiger partial charge in [-0.25, -0.2) is 4.98 Å². The molecule has 2 N–H and O–H groups in total. The van der Waals surface area contributed by atoms with Gasteiger partial charge in [0.1, 0.15) is 4.88 Å². The predicted octanol–water partition coefficient (Wildman–Crippen LogP) is 4.12. The molecule has 2 unspecified atom stereocenters. The molecule has 0 spiro atoms. The monoisotopic (exact) mass is 391 g/mol. The zero-order chi connectivity index (χ0) is 19.5. The van der Waals surface area contributed by atoms with Crippen molar-refractivity contribution in [3.63, 3.8) is 0 Å². The van der Waals surface area contributed by atoms with E-state index >= 15 is 0 Å². The fourth-order valence-corrected chi connectivity index (χ4v) is 4.16. The first-order chi connectivity index (χ1) is 13.6. The van der Waals surface area contributed by atoms with E-state index in [1.54, 1.807) is 6.92 Å². The second-order valence-corrected chi connectivity index (χ2v) is 7.95. The number of anilines is 1. The molecule has 1 saturated carbocycles. The molecule has 0 radical (unpaired) electrons. The second-order valence-electron chi connectivity index (χ2n) is 6.95. The molecule has 3 aromatic rings. The Balaban J connectivity index is 1.35. The molecule has 1 heterocycles. The molecule has 5 nitrogen and oxygen atoms in total. The zero-order valence-electron chi connectivity index (χ0n) is 15.5. The molecule has 142 valence electrons. The number of benzene rings is 2. The van der Waals surface area contributed by atoms with Gasteiger partial charge in [0, 0.05) is 12.5 Å². The third-order valence-electron chi connectivity index (χ3n) is 4.88.